The van der Waals surface area contributed by atoms with Crippen LogP contribution in [0.25, 0.3) is 10.8 Å². The van der Waals surface area contributed by atoms with E-state index >= 15 is 0 Å². The number of hydrogen-bond donors (Lipinski definition) is 0. The maximum absolute atomic E-state index is 3.50. The molecule has 0 aliphatic rings. The van der Waals surface area contributed by atoms with Crippen LogP contribution >= 0.6 is 15.9 Å². The summed E-state index contributed by atoms with van der Waals surface area (Å²) < 4.78 is 0. The van der Waals surface area contributed by atoms with Crippen molar-refractivity contribution in [2.24, 2.45) is 0 Å². The van der Waals surface area contributed by atoms with Crippen molar-refractivity contribution in [3.05, 3.63) is 42.5 Å². The zero-order valence-corrected chi connectivity index (χ0v) is 11.8. The summed E-state index contributed by atoms with van der Waals surface area (Å²) in [5, 5.41) is 3.74. The molecule has 0 atom stereocenters. The van der Waals surface area contributed by atoms with Crippen molar-refractivity contribution in [1.82, 2.24) is 0 Å². The standard InChI is InChI=1S/C15H18BrN/c1-2-17(12-6-11-16)15-10-5-8-13-7-3-4-9-14(13)15/h3-5,7-10H,2,6,11-12H2,1H3. The van der Waals surface area contributed by atoms with E-state index in [0.717, 1.165) is 18.4 Å². The average Bonchev–Trinajstić information content (AvgIpc) is 2.40. The summed E-state index contributed by atoms with van der Waals surface area (Å²) in [6.45, 7) is 4.38. The van der Waals surface area contributed by atoms with Crippen molar-refractivity contribution in [2.45, 2.75) is 13.3 Å². The van der Waals surface area contributed by atoms with Gasteiger partial charge in [-0.1, -0.05) is 52.3 Å². The van der Waals surface area contributed by atoms with Gasteiger partial charge in [0.05, 0.1) is 0 Å². The third-order valence-electron chi connectivity index (χ3n) is 3.05. The van der Waals surface area contributed by atoms with E-state index in [1.807, 2.05) is 0 Å². The predicted octanol–water partition coefficient (Wildman–Crippen LogP) is 4.45. The molecule has 2 aromatic carbocycles. The first-order valence-electron chi connectivity index (χ1n) is 6.15. The molecule has 2 heteroatoms. The molecule has 90 valence electrons. The van der Waals surface area contributed by atoms with Crippen LogP contribution in [0.1, 0.15) is 13.3 Å². The van der Waals surface area contributed by atoms with E-state index in [1.165, 1.54) is 22.9 Å². The van der Waals surface area contributed by atoms with Crippen LogP contribution in [0, 0.1) is 0 Å². The lowest BCUT2D eigenvalue weighted by molar-refractivity contribution is 0.802. The zero-order valence-electron chi connectivity index (χ0n) is 10.2. The van der Waals surface area contributed by atoms with E-state index in [-0.39, 0.29) is 0 Å². The van der Waals surface area contributed by atoms with Gasteiger partial charge < -0.3 is 4.90 Å². The van der Waals surface area contributed by atoms with Crippen molar-refractivity contribution in [3.63, 3.8) is 0 Å². The molecular formula is C15H18BrN. The maximum Gasteiger partial charge on any atom is 0.0445 e. The summed E-state index contributed by atoms with van der Waals surface area (Å²) in [7, 11) is 0. The molecule has 1 nitrogen and oxygen atoms in total. The molecule has 0 aromatic heterocycles. The second-order valence-corrected chi connectivity index (χ2v) is 4.91. The van der Waals surface area contributed by atoms with Crippen molar-refractivity contribution >= 4 is 32.4 Å². The topological polar surface area (TPSA) is 3.24 Å². The van der Waals surface area contributed by atoms with E-state index in [1.54, 1.807) is 0 Å². The lowest BCUT2D eigenvalue weighted by Crippen LogP contribution is -2.24. The van der Waals surface area contributed by atoms with Crippen LogP contribution in [0.5, 0.6) is 0 Å². The second-order valence-electron chi connectivity index (χ2n) is 4.12. The molecule has 0 saturated heterocycles. The Morgan fingerprint density at radius 1 is 1.06 bits per heavy atom. The fraction of sp³-hybridized carbons (Fsp3) is 0.333. The Balaban J connectivity index is 2.38. The van der Waals surface area contributed by atoms with Gasteiger partial charge in [-0.05, 0) is 24.8 Å². The minimum atomic E-state index is 1.06. The summed E-state index contributed by atoms with van der Waals surface area (Å²) in [6.07, 6.45) is 1.18. The molecule has 0 fully saturated rings. The maximum atomic E-state index is 3.50. The summed E-state index contributed by atoms with van der Waals surface area (Å²) in [6, 6.07) is 15.1. The molecular weight excluding hydrogens is 274 g/mol. The molecule has 0 spiro atoms. The van der Waals surface area contributed by atoms with Crippen LogP contribution in [0.15, 0.2) is 42.5 Å². The Hall–Kier alpha value is -1.02. The Morgan fingerprint density at radius 3 is 2.59 bits per heavy atom. The van der Waals surface area contributed by atoms with Gasteiger partial charge in [0.15, 0.2) is 0 Å². The smallest absolute Gasteiger partial charge is 0.0445 e. The average molecular weight is 292 g/mol. The highest BCUT2D eigenvalue weighted by Gasteiger charge is 2.07. The largest absolute Gasteiger partial charge is 0.371 e. The minimum absolute atomic E-state index is 1.06. The monoisotopic (exact) mass is 291 g/mol. The Kier molecular flexibility index (Phi) is 4.43. The highest BCUT2D eigenvalue weighted by Crippen LogP contribution is 2.26. The van der Waals surface area contributed by atoms with E-state index in [4.69, 9.17) is 0 Å². The number of alkyl halides is 1. The molecule has 0 unspecified atom stereocenters. The van der Waals surface area contributed by atoms with Gasteiger partial charge in [0.2, 0.25) is 0 Å². The highest BCUT2D eigenvalue weighted by molar-refractivity contribution is 9.09. The van der Waals surface area contributed by atoms with E-state index in [2.05, 4.69) is 70.2 Å². The van der Waals surface area contributed by atoms with Gasteiger partial charge in [-0.2, -0.15) is 0 Å². The SMILES string of the molecule is CCN(CCCBr)c1cccc2ccccc12. The number of hydrogen-bond acceptors (Lipinski definition) is 1. The van der Waals surface area contributed by atoms with Crippen LogP contribution < -0.4 is 4.90 Å². The van der Waals surface area contributed by atoms with E-state index in [9.17, 15) is 0 Å². The molecule has 0 aliphatic heterocycles. The van der Waals surface area contributed by atoms with Crippen LogP contribution in [-0.2, 0) is 0 Å². The van der Waals surface area contributed by atoms with E-state index in [0.29, 0.717) is 0 Å². The van der Waals surface area contributed by atoms with Crippen molar-refractivity contribution in [2.75, 3.05) is 23.3 Å². The van der Waals surface area contributed by atoms with Gasteiger partial charge in [-0.3, -0.25) is 0 Å². The molecule has 17 heavy (non-hydrogen) atoms. The number of nitrogens with zero attached hydrogens (tertiary/aromatic N) is 1. The van der Waals surface area contributed by atoms with Crippen molar-refractivity contribution in [3.8, 4) is 0 Å². The van der Waals surface area contributed by atoms with Crippen molar-refractivity contribution < 1.29 is 0 Å². The fourth-order valence-electron chi connectivity index (χ4n) is 2.18. The second kappa shape index (κ2) is 6.06. The van der Waals surface area contributed by atoms with Gasteiger partial charge in [0, 0.05) is 29.5 Å². The third kappa shape index (κ3) is 2.81. The molecule has 0 bridgehead atoms. The van der Waals surface area contributed by atoms with E-state index < -0.39 is 0 Å². The Labute approximate surface area is 112 Å². The summed E-state index contributed by atoms with van der Waals surface area (Å²) in [5.41, 5.74) is 1.35. The first-order valence-corrected chi connectivity index (χ1v) is 7.27. The minimum Gasteiger partial charge on any atom is -0.371 e. The Morgan fingerprint density at radius 2 is 1.82 bits per heavy atom. The number of anilines is 1. The predicted molar refractivity (Wildman–Crippen MR) is 80.2 cm³/mol. The Bertz CT molecular complexity index is 476. The van der Waals surface area contributed by atoms with Crippen LogP contribution in [0.4, 0.5) is 5.69 Å². The van der Waals surface area contributed by atoms with Crippen molar-refractivity contribution in [1.29, 1.82) is 0 Å². The lowest BCUT2D eigenvalue weighted by atomic mass is 10.1. The fourth-order valence-corrected chi connectivity index (χ4v) is 2.43. The lowest BCUT2D eigenvalue weighted by Gasteiger charge is -2.24. The summed E-state index contributed by atoms with van der Waals surface area (Å²) in [5.74, 6) is 0. The molecule has 0 amide bonds. The first kappa shape index (κ1) is 12.4. The molecule has 2 aromatic rings. The highest BCUT2D eigenvalue weighted by atomic mass is 79.9. The van der Waals surface area contributed by atoms with Gasteiger partial charge in [-0.25, -0.2) is 0 Å². The van der Waals surface area contributed by atoms with Crippen LogP contribution in [0.2, 0.25) is 0 Å². The van der Waals surface area contributed by atoms with Gasteiger partial charge in [-0.15, -0.1) is 0 Å². The zero-order chi connectivity index (χ0) is 12.1. The van der Waals surface area contributed by atoms with Crippen LogP contribution in [-0.4, -0.2) is 18.4 Å². The summed E-state index contributed by atoms with van der Waals surface area (Å²) >= 11 is 3.50. The molecule has 0 saturated carbocycles. The molecule has 0 N–H and O–H groups in total. The number of rotatable bonds is 5. The van der Waals surface area contributed by atoms with Gasteiger partial charge >= 0.3 is 0 Å². The molecule has 0 heterocycles. The normalized spacial score (nSPS) is 10.7. The molecule has 0 radical (unpaired) electrons. The number of benzene rings is 2. The first-order chi connectivity index (χ1) is 8.36. The van der Waals surface area contributed by atoms with Gasteiger partial charge in [0.25, 0.3) is 0 Å². The summed E-state index contributed by atoms with van der Waals surface area (Å²) in [4.78, 5) is 2.45. The van der Waals surface area contributed by atoms with Gasteiger partial charge in [0.1, 0.15) is 0 Å². The number of halogens is 1. The third-order valence-corrected chi connectivity index (χ3v) is 3.61. The quantitative estimate of drug-likeness (QED) is 0.736. The molecule has 0 aliphatic carbocycles. The molecule has 2 rings (SSSR count). The van der Waals surface area contributed by atoms with Crippen LogP contribution in [0.3, 0.4) is 0 Å². The number of fused-ring (bicyclic) bond motifs is 1.